The minimum absolute atomic E-state index is 0.0800. The van der Waals surface area contributed by atoms with E-state index in [0.29, 0.717) is 6.54 Å². The van der Waals surface area contributed by atoms with Crippen LogP contribution in [0.4, 0.5) is 5.69 Å². The Morgan fingerprint density at radius 1 is 1.17 bits per heavy atom. The second-order valence-electron chi connectivity index (χ2n) is 3.44. The monoisotopic (exact) mass is 265 g/mol. The van der Waals surface area contributed by atoms with Crippen LogP contribution < -0.4 is 10.5 Å². The number of aromatic nitrogens is 3. The van der Waals surface area contributed by atoms with Gasteiger partial charge in [-0.25, -0.2) is 15.0 Å². The lowest BCUT2D eigenvalue weighted by molar-refractivity contribution is 0.597. The normalized spacial score (nSPS) is 11.2. The van der Waals surface area contributed by atoms with Gasteiger partial charge in [-0.3, -0.25) is 4.72 Å². The molecule has 0 radical (unpaired) electrons. The van der Waals surface area contributed by atoms with E-state index in [1.165, 1.54) is 31.0 Å². The van der Waals surface area contributed by atoms with Crippen LogP contribution in [0.2, 0.25) is 0 Å². The average molecular weight is 265 g/mol. The van der Waals surface area contributed by atoms with E-state index in [0.717, 1.165) is 5.56 Å². The Morgan fingerprint density at radius 3 is 2.44 bits per heavy atom. The van der Waals surface area contributed by atoms with E-state index in [1.54, 1.807) is 6.07 Å². The van der Waals surface area contributed by atoms with Crippen molar-refractivity contribution < 1.29 is 8.42 Å². The van der Waals surface area contributed by atoms with Crippen LogP contribution in [0, 0.1) is 0 Å². The number of nitrogens with zero attached hydrogens (tertiary/aromatic N) is 3. The molecule has 8 heteroatoms. The summed E-state index contributed by atoms with van der Waals surface area (Å²) < 4.78 is 26.2. The first kappa shape index (κ1) is 12.4. The molecule has 0 aliphatic rings. The van der Waals surface area contributed by atoms with Crippen molar-refractivity contribution in [3.05, 3.63) is 42.6 Å². The molecule has 0 aromatic carbocycles. The summed E-state index contributed by atoms with van der Waals surface area (Å²) in [6, 6.07) is 3.01. The molecule has 0 fully saturated rings. The molecule has 7 nitrogen and oxygen atoms in total. The van der Waals surface area contributed by atoms with E-state index >= 15 is 0 Å². The summed E-state index contributed by atoms with van der Waals surface area (Å²) in [6.07, 6.45) is 5.46. The molecule has 0 aliphatic heterocycles. The highest BCUT2D eigenvalue weighted by Crippen LogP contribution is 2.12. The molecule has 2 aromatic rings. The van der Waals surface area contributed by atoms with E-state index in [1.807, 2.05) is 0 Å². The van der Waals surface area contributed by atoms with Gasteiger partial charge >= 0.3 is 0 Å². The standard InChI is InChI=1S/C10H11N5O2S/c11-3-8-1-2-10(14-4-8)18(16,17)15-9-5-12-7-13-6-9/h1-2,4-7,15H,3,11H2. The minimum atomic E-state index is -3.72. The van der Waals surface area contributed by atoms with Crippen LogP contribution in [0.3, 0.4) is 0 Å². The zero-order chi connectivity index (χ0) is 13.0. The van der Waals surface area contributed by atoms with Gasteiger partial charge in [-0.15, -0.1) is 0 Å². The highest BCUT2D eigenvalue weighted by molar-refractivity contribution is 7.92. The van der Waals surface area contributed by atoms with Gasteiger partial charge in [-0.2, -0.15) is 8.42 Å². The summed E-state index contributed by atoms with van der Waals surface area (Å²) in [5.41, 5.74) is 6.45. The Kier molecular flexibility index (Phi) is 3.49. The fourth-order valence-corrected chi connectivity index (χ4v) is 2.21. The molecule has 0 amide bonds. The van der Waals surface area contributed by atoms with Crippen molar-refractivity contribution in [3.63, 3.8) is 0 Å². The van der Waals surface area contributed by atoms with Crippen LogP contribution in [0.1, 0.15) is 5.56 Å². The molecule has 94 valence electrons. The zero-order valence-electron chi connectivity index (χ0n) is 9.31. The van der Waals surface area contributed by atoms with Crippen LogP contribution in [0.5, 0.6) is 0 Å². The topological polar surface area (TPSA) is 111 Å². The van der Waals surface area contributed by atoms with Crippen molar-refractivity contribution >= 4 is 15.7 Å². The zero-order valence-corrected chi connectivity index (χ0v) is 10.1. The highest BCUT2D eigenvalue weighted by atomic mass is 32.2. The molecule has 0 bridgehead atoms. The molecule has 0 unspecified atom stereocenters. The lowest BCUT2D eigenvalue weighted by Gasteiger charge is -2.06. The maximum absolute atomic E-state index is 11.9. The largest absolute Gasteiger partial charge is 0.326 e. The maximum atomic E-state index is 11.9. The average Bonchev–Trinajstić information content (AvgIpc) is 2.39. The number of nitrogens with one attached hydrogen (secondary N) is 1. The Bertz CT molecular complexity index is 612. The van der Waals surface area contributed by atoms with E-state index in [2.05, 4.69) is 19.7 Å². The number of nitrogens with two attached hydrogens (primary N) is 1. The molecule has 2 rings (SSSR count). The summed E-state index contributed by atoms with van der Waals surface area (Å²) in [5.74, 6) is 0. The second kappa shape index (κ2) is 5.07. The SMILES string of the molecule is NCc1ccc(S(=O)(=O)Nc2cncnc2)nc1. The van der Waals surface area contributed by atoms with Gasteiger partial charge in [0.1, 0.15) is 6.33 Å². The number of hydrogen-bond acceptors (Lipinski definition) is 6. The summed E-state index contributed by atoms with van der Waals surface area (Å²) in [5, 5.41) is -0.0800. The van der Waals surface area contributed by atoms with Gasteiger partial charge in [-0.05, 0) is 11.6 Å². The minimum Gasteiger partial charge on any atom is -0.326 e. The van der Waals surface area contributed by atoms with Crippen LogP contribution in [0.15, 0.2) is 42.1 Å². The molecule has 0 spiro atoms. The Balaban J connectivity index is 2.25. The van der Waals surface area contributed by atoms with E-state index in [9.17, 15) is 8.42 Å². The Morgan fingerprint density at radius 2 is 1.89 bits per heavy atom. The first-order valence-corrected chi connectivity index (χ1v) is 6.53. The van der Waals surface area contributed by atoms with Crippen LogP contribution in [-0.4, -0.2) is 23.4 Å². The van der Waals surface area contributed by atoms with Crippen molar-refractivity contribution in [2.24, 2.45) is 5.73 Å². The molecule has 2 aromatic heterocycles. The third kappa shape index (κ3) is 2.79. The van der Waals surface area contributed by atoms with Gasteiger partial charge in [0, 0.05) is 12.7 Å². The molecule has 3 N–H and O–H groups in total. The smallest absolute Gasteiger partial charge is 0.279 e. The summed E-state index contributed by atoms with van der Waals surface area (Å²) in [6.45, 7) is 0.313. The number of anilines is 1. The van der Waals surface area contributed by atoms with Gasteiger partial charge in [0.25, 0.3) is 10.0 Å². The van der Waals surface area contributed by atoms with E-state index in [4.69, 9.17) is 5.73 Å². The molecule has 0 aliphatic carbocycles. The fraction of sp³-hybridized carbons (Fsp3) is 0.100. The third-order valence-corrected chi connectivity index (χ3v) is 3.42. The summed E-state index contributed by atoms with van der Waals surface area (Å²) in [4.78, 5) is 11.3. The molecular weight excluding hydrogens is 254 g/mol. The number of rotatable bonds is 4. The van der Waals surface area contributed by atoms with Crippen molar-refractivity contribution in [2.45, 2.75) is 11.6 Å². The molecule has 0 saturated carbocycles. The third-order valence-electron chi connectivity index (χ3n) is 2.12. The van der Waals surface area contributed by atoms with Crippen molar-refractivity contribution in [1.29, 1.82) is 0 Å². The highest BCUT2D eigenvalue weighted by Gasteiger charge is 2.15. The van der Waals surface area contributed by atoms with Crippen molar-refractivity contribution in [3.8, 4) is 0 Å². The maximum Gasteiger partial charge on any atom is 0.279 e. The first-order chi connectivity index (χ1) is 8.62. The van der Waals surface area contributed by atoms with Gasteiger partial charge in [0.05, 0.1) is 18.1 Å². The van der Waals surface area contributed by atoms with Crippen LogP contribution in [-0.2, 0) is 16.6 Å². The van der Waals surface area contributed by atoms with E-state index < -0.39 is 10.0 Å². The number of pyridine rings is 1. The summed E-state index contributed by atoms with van der Waals surface area (Å²) >= 11 is 0. The predicted molar refractivity (Wildman–Crippen MR) is 65.0 cm³/mol. The van der Waals surface area contributed by atoms with Crippen LogP contribution >= 0.6 is 0 Å². The molecule has 0 atom stereocenters. The second-order valence-corrected chi connectivity index (χ2v) is 5.07. The Hall–Kier alpha value is -2.06. The van der Waals surface area contributed by atoms with Crippen LogP contribution in [0.25, 0.3) is 0 Å². The van der Waals surface area contributed by atoms with E-state index in [-0.39, 0.29) is 10.7 Å². The number of sulfonamides is 1. The van der Waals surface area contributed by atoms with Gasteiger partial charge in [0.15, 0.2) is 5.03 Å². The first-order valence-electron chi connectivity index (χ1n) is 5.04. The molecule has 0 saturated heterocycles. The molecular formula is C10H11N5O2S. The fourth-order valence-electron chi connectivity index (χ4n) is 1.25. The molecule has 2 heterocycles. The van der Waals surface area contributed by atoms with Gasteiger partial charge < -0.3 is 5.73 Å². The van der Waals surface area contributed by atoms with Gasteiger partial charge in [-0.1, -0.05) is 6.07 Å². The molecule has 18 heavy (non-hydrogen) atoms. The lowest BCUT2D eigenvalue weighted by atomic mass is 10.3. The summed E-state index contributed by atoms with van der Waals surface area (Å²) in [7, 11) is -3.72. The quantitative estimate of drug-likeness (QED) is 0.813. The number of hydrogen-bond donors (Lipinski definition) is 2. The van der Waals surface area contributed by atoms with Crippen molar-refractivity contribution in [1.82, 2.24) is 15.0 Å². The van der Waals surface area contributed by atoms with Crippen molar-refractivity contribution in [2.75, 3.05) is 4.72 Å². The predicted octanol–water partition coefficient (Wildman–Crippen LogP) is 0.131. The Labute approximate surface area is 104 Å². The van der Waals surface area contributed by atoms with Gasteiger partial charge in [0.2, 0.25) is 0 Å². The lowest BCUT2D eigenvalue weighted by Crippen LogP contribution is -2.15.